The number of carbonyl (C=O) groups excluding carboxylic acids is 2. The second-order valence-electron chi connectivity index (χ2n) is 5.61. The number of hydrogen-bond acceptors (Lipinski definition) is 5. The molecule has 0 unspecified atom stereocenters. The second kappa shape index (κ2) is 11.2. The average Bonchev–Trinajstić information content (AvgIpc) is 2.72. The fraction of sp³-hybridized carbons (Fsp3) is 0.190. The standard InChI is InChI=1S/C21H23N3O4/c1-3-12-28-18-11-10-17(13-19(18)27-4-2)15-23-24-21(26)20(25)22-14-16-8-6-5-7-9-16/h3,5-11,13,15H,1,4,12,14H2,2H3,(H,22,25)(H,24,26). The third-order valence-corrected chi connectivity index (χ3v) is 3.51. The summed E-state index contributed by atoms with van der Waals surface area (Å²) in [5.74, 6) is -0.462. The first kappa shape index (κ1) is 20.7. The first-order valence-electron chi connectivity index (χ1n) is 8.79. The van der Waals surface area contributed by atoms with Crippen LogP contribution in [0.3, 0.4) is 0 Å². The maximum Gasteiger partial charge on any atom is 0.329 e. The largest absolute Gasteiger partial charge is 0.490 e. The van der Waals surface area contributed by atoms with E-state index in [0.29, 0.717) is 30.3 Å². The fourth-order valence-electron chi connectivity index (χ4n) is 2.22. The topological polar surface area (TPSA) is 89.0 Å². The van der Waals surface area contributed by atoms with Gasteiger partial charge >= 0.3 is 11.8 Å². The van der Waals surface area contributed by atoms with E-state index in [1.54, 1.807) is 24.3 Å². The number of ether oxygens (including phenoxy) is 2. The zero-order valence-electron chi connectivity index (χ0n) is 15.7. The SMILES string of the molecule is C=CCOc1ccc(C=NNC(=O)C(=O)NCc2ccccc2)cc1OCC. The van der Waals surface area contributed by atoms with Gasteiger partial charge in [-0.1, -0.05) is 43.0 Å². The highest BCUT2D eigenvalue weighted by atomic mass is 16.5. The Morgan fingerprint density at radius 1 is 1.07 bits per heavy atom. The Labute approximate surface area is 164 Å². The van der Waals surface area contributed by atoms with Crippen molar-refractivity contribution in [2.45, 2.75) is 13.5 Å². The predicted octanol–water partition coefficient (Wildman–Crippen LogP) is 2.42. The Bertz CT molecular complexity index is 835. The van der Waals surface area contributed by atoms with Crippen molar-refractivity contribution >= 4 is 18.0 Å². The molecule has 0 saturated heterocycles. The molecule has 2 aromatic carbocycles. The van der Waals surface area contributed by atoms with Crippen LogP contribution in [0.4, 0.5) is 0 Å². The van der Waals surface area contributed by atoms with Gasteiger partial charge < -0.3 is 14.8 Å². The van der Waals surface area contributed by atoms with Crippen molar-refractivity contribution in [1.29, 1.82) is 0 Å². The van der Waals surface area contributed by atoms with Gasteiger partial charge in [0.2, 0.25) is 0 Å². The number of nitrogens with one attached hydrogen (secondary N) is 2. The lowest BCUT2D eigenvalue weighted by Gasteiger charge is -2.11. The normalized spacial score (nSPS) is 10.3. The average molecular weight is 381 g/mol. The number of carbonyl (C=O) groups is 2. The molecular weight excluding hydrogens is 358 g/mol. The Morgan fingerprint density at radius 3 is 2.57 bits per heavy atom. The summed E-state index contributed by atoms with van der Waals surface area (Å²) in [5, 5.41) is 6.34. The smallest absolute Gasteiger partial charge is 0.329 e. The van der Waals surface area contributed by atoms with Crippen LogP contribution < -0.4 is 20.2 Å². The Kier molecular flexibility index (Phi) is 8.26. The summed E-state index contributed by atoms with van der Waals surface area (Å²) in [4.78, 5) is 23.6. The third kappa shape index (κ3) is 6.60. The van der Waals surface area contributed by atoms with E-state index in [9.17, 15) is 9.59 Å². The molecule has 2 rings (SSSR count). The van der Waals surface area contributed by atoms with Gasteiger partial charge in [-0.25, -0.2) is 5.43 Å². The summed E-state index contributed by atoms with van der Waals surface area (Å²) >= 11 is 0. The van der Waals surface area contributed by atoms with E-state index < -0.39 is 11.8 Å². The van der Waals surface area contributed by atoms with Crippen molar-refractivity contribution < 1.29 is 19.1 Å². The van der Waals surface area contributed by atoms with Crippen molar-refractivity contribution in [1.82, 2.24) is 10.7 Å². The molecule has 0 bridgehead atoms. The van der Waals surface area contributed by atoms with E-state index in [2.05, 4.69) is 22.4 Å². The highest BCUT2D eigenvalue weighted by Crippen LogP contribution is 2.28. The van der Waals surface area contributed by atoms with E-state index in [1.807, 2.05) is 37.3 Å². The Balaban J connectivity index is 1.89. The number of nitrogens with zero attached hydrogens (tertiary/aromatic N) is 1. The predicted molar refractivity (Wildman–Crippen MR) is 107 cm³/mol. The minimum absolute atomic E-state index is 0.265. The van der Waals surface area contributed by atoms with Gasteiger partial charge in [0.15, 0.2) is 11.5 Å². The van der Waals surface area contributed by atoms with Crippen LogP contribution in [-0.4, -0.2) is 31.2 Å². The molecule has 0 aliphatic rings. The van der Waals surface area contributed by atoms with Crippen LogP contribution in [-0.2, 0) is 16.1 Å². The molecule has 0 aliphatic carbocycles. The van der Waals surface area contributed by atoms with Gasteiger partial charge in [0, 0.05) is 6.54 Å². The molecule has 0 aromatic heterocycles. The summed E-state index contributed by atoms with van der Waals surface area (Å²) in [6, 6.07) is 14.5. The van der Waals surface area contributed by atoms with Crippen molar-refractivity contribution in [3.8, 4) is 11.5 Å². The van der Waals surface area contributed by atoms with Crippen molar-refractivity contribution in [3.63, 3.8) is 0 Å². The van der Waals surface area contributed by atoms with Crippen LogP contribution in [0.2, 0.25) is 0 Å². The van der Waals surface area contributed by atoms with Crippen LogP contribution in [0.5, 0.6) is 11.5 Å². The number of amides is 2. The first-order chi connectivity index (χ1) is 13.6. The summed E-state index contributed by atoms with van der Waals surface area (Å²) in [7, 11) is 0. The molecule has 2 amide bonds. The maximum atomic E-state index is 11.8. The molecule has 0 heterocycles. The second-order valence-corrected chi connectivity index (χ2v) is 5.61. The van der Waals surface area contributed by atoms with Crippen LogP contribution in [0.1, 0.15) is 18.1 Å². The summed E-state index contributed by atoms with van der Waals surface area (Å²) in [6.45, 7) is 6.58. The van der Waals surface area contributed by atoms with Gasteiger partial charge in [-0.3, -0.25) is 9.59 Å². The molecule has 0 spiro atoms. The molecule has 0 saturated carbocycles. The first-order valence-corrected chi connectivity index (χ1v) is 8.79. The summed E-state index contributed by atoms with van der Waals surface area (Å²) < 4.78 is 11.1. The van der Waals surface area contributed by atoms with E-state index in [4.69, 9.17) is 9.47 Å². The van der Waals surface area contributed by atoms with Crippen molar-refractivity contribution in [2.75, 3.05) is 13.2 Å². The van der Waals surface area contributed by atoms with E-state index in [1.165, 1.54) is 6.21 Å². The van der Waals surface area contributed by atoms with Crippen LogP contribution in [0.25, 0.3) is 0 Å². The van der Waals surface area contributed by atoms with E-state index >= 15 is 0 Å². The number of rotatable bonds is 9. The highest BCUT2D eigenvalue weighted by Gasteiger charge is 2.12. The molecule has 0 radical (unpaired) electrons. The van der Waals surface area contributed by atoms with Gasteiger partial charge in [-0.15, -0.1) is 0 Å². The van der Waals surface area contributed by atoms with Gasteiger partial charge in [0.05, 0.1) is 12.8 Å². The van der Waals surface area contributed by atoms with Crippen molar-refractivity contribution in [3.05, 3.63) is 72.3 Å². The zero-order chi connectivity index (χ0) is 20.2. The molecule has 28 heavy (non-hydrogen) atoms. The number of hydrazone groups is 1. The maximum absolute atomic E-state index is 11.8. The van der Waals surface area contributed by atoms with E-state index in [0.717, 1.165) is 5.56 Å². The molecule has 2 N–H and O–H groups in total. The van der Waals surface area contributed by atoms with Gasteiger partial charge in [-0.05, 0) is 36.2 Å². The lowest BCUT2D eigenvalue weighted by Crippen LogP contribution is -2.37. The Morgan fingerprint density at radius 2 is 1.86 bits per heavy atom. The van der Waals surface area contributed by atoms with Crippen LogP contribution in [0.15, 0.2) is 66.3 Å². The van der Waals surface area contributed by atoms with Gasteiger partial charge in [0.1, 0.15) is 6.61 Å². The minimum atomic E-state index is -0.844. The van der Waals surface area contributed by atoms with Crippen LogP contribution in [0, 0.1) is 0 Å². The van der Waals surface area contributed by atoms with Crippen molar-refractivity contribution in [2.24, 2.45) is 5.10 Å². The minimum Gasteiger partial charge on any atom is -0.490 e. The lowest BCUT2D eigenvalue weighted by molar-refractivity contribution is -0.139. The lowest BCUT2D eigenvalue weighted by atomic mass is 10.2. The van der Waals surface area contributed by atoms with Crippen LogP contribution >= 0.6 is 0 Å². The molecule has 0 fully saturated rings. The molecule has 7 heteroatoms. The third-order valence-electron chi connectivity index (χ3n) is 3.51. The monoisotopic (exact) mass is 381 g/mol. The van der Waals surface area contributed by atoms with Gasteiger partial charge in [-0.2, -0.15) is 5.10 Å². The fourth-order valence-corrected chi connectivity index (χ4v) is 2.22. The number of hydrogen-bond donors (Lipinski definition) is 2. The van der Waals surface area contributed by atoms with E-state index in [-0.39, 0.29) is 6.54 Å². The summed E-state index contributed by atoms with van der Waals surface area (Å²) in [6.07, 6.45) is 3.06. The number of benzene rings is 2. The molecule has 7 nitrogen and oxygen atoms in total. The molecule has 0 atom stereocenters. The molecule has 0 aliphatic heterocycles. The highest BCUT2D eigenvalue weighted by molar-refractivity contribution is 6.35. The zero-order valence-corrected chi connectivity index (χ0v) is 15.7. The quantitative estimate of drug-likeness (QED) is 0.302. The molecule has 2 aromatic rings. The summed E-state index contributed by atoms with van der Waals surface area (Å²) in [5.41, 5.74) is 3.78. The van der Waals surface area contributed by atoms with Gasteiger partial charge in [0.25, 0.3) is 0 Å². The molecular formula is C21H23N3O4. The molecule has 146 valence electrons. The Hall–Kier alpha value is -3.61.